The molecule has 1 aliphatic heterocycles. The summed E-state index contributed by atoms with van der Waals surface area (Å²) in [6, 6.07) is 7.89. The van der Waals surface area contributed by atoms with Gasteiger partial charge in [-0.1, -0.05) is 6.07 Å². The maximum atomic E-state index is 9.02. The van der Waals surface area contributed by atoms with Crippen LogP contribution in [0.15, 0.2) is 30.6 Å². The predicted molar refractivity (Wildman–Crippen MR) is 84.9 cm³/mol. The second-order valence-corrected chi connectivity index (χ2v) is 5.65. The quantitative estimate of drug-likeness (QED) is 0.916. The van der Waals surface area contributed by atoms with Crippen molar-refractivity contribution in [2.45, 2.75) is 25.1 Å². The first kappa shape index (κ1) is 15.5. The molecule has 1 fully saturated rings. The molecule has 2 atom stereocenters. The molecule has 0 aliphatic carbocycles. The van der Waals surface area contributed by atoms with Crippen molar-refractivity contribution in [3.63, 3.8) is 0 Å². The van der Waals surface area contributed by atoms with Gasteiger partial charge in [0.25, 0.3) is 0 Å². The Labute approximate surface area is 135 Å². The number of hydrogen-bond donors (Lipinski definition) is 1. The van der Waals surface area contributed by atoms with Crippen molar-refractivity contribution >= 4 is 0 Å². The Morgan fingerprint density at radius 1 is 1.43 bits per heavy atom. The van der Waals surface area contributed by atoms with Crippen molar-refractivity contribution < 1.29 is 9.47 Å². The van der Waals surface area contributed by atoms with Crippen molar-refractivity contribution in [1.82, 2.24) is 14.9 Å². The van der Waals surface area contributed by atoms with Crippen LogP contribution in [0.25, 0.3) is 0 Å². The molecular weight excluding hydrogens is 292 g/mol. The Hall–Kier alpha value is -2.36. The minimum absolute atomic E-state index is 0.189. The second kappa shape index (κ2) is 6.82. The molecule has 3 rings (SSSR count). The lowest BCUT2D eigenvalue weighted by atomic mass is 10.1. The number of methoxy groups -OCH3 is 2. The van der Waals surface area contributed by atoms with Crippen molar-refractivity contribution in [3.05, 3.63) is 47.5 Å². The van der Waals surface area contributed by atoms with Gasteiger partial charge in [0.15, 0.2) is 0 Å². The molecule has 0 radical (unpaired) electrons. The normalized spacial score (nSPS) is 21.3. The number of ether oxygens (including phenoxy) is 2. The molecule has 2 heterocycles. The molecule has 0 unspecified atom stereocenters. The van der Waals surface area contributed by atoms with Crippen LogP contribution in [0.2, 0.25) is 0 Å². The number of nitrogens with zero attached hydrogens (tertiary/aromatic N) is 3. The van der Waals surface area contributed by atoms with Crippen LogP contribution in [-0.4, -0.2) is 41.7 Å². The minimum atomic E-state index is 0.189. The Kier molecular flexibility index (Phi) is 4.60. The van der Waals surface area contributed by atoms with E-state index in [2.05, 4.69) is 20.9 Å². The summed E-state index contributed by atoms with van der Waals surface area (Å²) in [4.78, 5) is 9.94. The van der Waals surface area contributed by atoms with E-state index in [9.17, 15) is 0 Å². The molecule has 120 valence electrons. The molecular formula is C17H20N4O2. The number of likely N-dealkylation sites (tertiary alicyclic amines) is 1. The SMILES string of the molecule is COc1cc(C#N)ccc1CN1C[C@H](OC)C[C@H]1c1ncc[nH]1. The lowest BCUT2D eigenvalue weighted by Crippen LogP contribution is -2.25. The zero-order chi connectivity index (χ0) is 16.2. The van der Waals surface area contributed by atoms with E-state index >= 15 is 0 Å². The summed E-state index contributed by atoms with van der Waals surface area (Å²) in [6.45, 7) is 1.56. The van der Waals surface area contributed by atoms with Crippen LogP contribution >= 0.6 is 0 Å². The van der Waals surface area contributed by atoms with Gasteiger partial charge in [-0.25, -0.2) is 4.98 Å². The molecule has 0 saturated carbocycles. The third-order valence-electron chi connectivity index (χ3n) is 4.32. The summed E-state index contributed by atoms with van der Waals surface area (Å²) >= 11 is 0. The van der Waals surface area contributed by atoms with Crippen molar-refractivity contribution in [2.24, 2.45) is 0 Å². The smallest absolute Gasteiger partial charge is 0.124 e. The molecule has 0 spiro atoms. The molecule has 6 heteroatoms. The molecule has 1 saturated heterocycles. The first-order valence-electron chi connectivity index (χ1n) is 7.58. The third-order valence-corrected chi connectivity index (χ3v) is 4.32. The van der Waals surface area contributed by atoms with Gasteiger partial charge in [-0.3, -0.25) is 4.90 Å². The highest BCUT2D eigenvalue weighted by Gasteiger charge is 2.35. The highest BCUT2D eigenvalue weighted by molar-refractivity contribution is 5.42. The van der Waals surface area contributed by atoms with Gasteiger partial charge in [-0.15, -0.1) is 0 Å². The molecule has 0 bridgehead atoms. The Balaban J connectivity index is 1.84. The summed E-state index contributed by atoms with van der Waals surface area (Å²) in [5.74, 6) is 1.69. The van der Waals surface area contributed by atoms with Crippen LogP contribution < -0.4 is 4.74 Å². The number of hydrogen-bond acceptors (Lipinski definition) is 5. The van der Waals surface area contributed by atoms with Gasteiger partial charge in [-0.05, 0) is 18.6 Å². The lowest BCUT2D eigenvalue weighted by molar-refractivity contribution is 0.107. The van der Waals surface area contributed by atoms with Crippen LogP contribution in [0, 0.1) is 11.3 Å². The van der Waals surface area contributed by atoms with Crippen molar-refractivity contribution in [2.75, 3.05) is 20.8 Å². The standard InChI is InChI=1S/C17H20N4O2/c1-22-14-8-15(17-19-5-6-20-17)21(11-14)10-13-4-3-12(9-18)7-16(13)23-2/h3-7,14-15H,8,10-11H2,1-2H3,(H,19,20)/t14-,15+/m1/s1. The topological polar surface area (TPSA) is 74.2 Å². The first-order chi connectivity index (χ1) is 11.2. The van der Waals surface area contributed by atoms with E-state index in [1.807, 2.05) is 18.3 Å². The Bertz CT molecular complexity index is 693. The van der Waals surface area contributed by atoms with Gasteiger partial charge >= 0.3 is 0 Å². The lowest BCUT2D eigenvalue weighted by Gasteiger charge is -2.23. The fraction of sp³-hybridized carbons (Fsp3) is 0.412. The number of imidazole rings is 1. The average molecular weight is 312 g/mol. The zero-order valence-electron chi connectivity index (χ0n) is 13.3. The Morgan fingerprint density at radius 3 is 2.96 bits per heavy atom. The summed E-state index contributed by atoms with van der Waals surface area (Å²) in [7, 11) is 3.38. The van der Waals surface area contributed by atoms with Gasteiger partial charge in [-0.2, -0.15) is 5.26 Å². The van der Waals surface area contributed by atoms with E-state index < -0.39 is 0 Å². The van der Waals surface area contributed by atoms with E-state index in [1.165, 1.54) is 0 Å². The van der Waals surface area contributed by atoms with Crippen molar-refractivity contribution in [3.8, 4) is 11.8 Å². The maximum absolute atomic E-state index is 9.02. The summed E-state index contributed by atoms with van der Waals surface area (Å²) in [5, 5.41) is 9.02. The third kappa shape index (κ3) is 3.21. The van der Waals surface area contributed by atoms with E-state index in [-0.39, 0.29) is 12.1 Å². The van der Waals surface area contributed by atoms with Crippen LogP contribution in [0.4, 0.5) is 0 Å². The minimum Gasteiger partial charge on any atom is -0.496 e. The highest BCUT2D eigenvalue weighted by Crippen LogP contribution is 2.34. The number of aromatic amines is 1. The number of benzene rings is 1. The molecule has 1 aromatic carbocycles. The number of nitriles is 1. The summed E-state index contributed by atoms with van der Waals surface area (Å²) < 4.78 is 11.0. The predicted octanol–water partition coefficient (Wildman–Crippen LogP) is 2.25. The first-order valence-corrected chi connectivity index (χ1v) is 7.58. The van der Waals surface area contributed by atoms with Crippen LogP contribution in [-0.2, 0) is 11.3 Å². The molecule has 0 amide bonds. The van der Waals surface area contributed by atoms with Gasteiger partial charge in [0, 0.05) is 38.2 Å². The van der Waals surface area contributed by atoms with Gasteiger partial charge in [0.2, 0.25) is 0 Å². The van der Waals surface area contributed by atoms with Gasteiger partial charge in [0.05, 0.1) is 30.9 Å². The highest BCUT2D eigenvalue weighted by atomic mass is 16.5. The number of nitrogens with one attached hydrogen (secondary N) is 1. The van der Waals surface area contributed by atoms with Gasteiger partial charge in [0.1, 0.15) is 11.6 Å². The van der Waals surface area contributed by atoms with Crippen LogP contribution in [0.1, 0.15) is 29.4 Å². The average Bonchev–Trinajstić information content (AvgIpc) is 3.24. The summed E-state index contributed by atoms with van der Waals surface area (Å²) in [6.07, 6.45) is 4.71. The molecule has 23 heavy (non-hydrogen) atoms. The van der Waals surface area contributed by atoms with E-state index in [4.69, 9.17) is 14.7 Å². The monoisotopic (exact) mass is 312 g/mol. The molecule has 2 aromatic rings. The summed E-state index contributed by atoms with van der Waals surface area (Å²) in [5.41, 5.74) is 1.66. The van der Waals surface area contributed by atoms with Gasteiger partial charge < -0.3 is 14.5 Å². The molecule has 6 nitrogen and oxygen atoms in total. The second-order valence-electron chi connectivity index (χ2n) is 5.65. The number of aromatic nitrogens is 2. The van der Waals surface area contributed by atoms with Crippen LogP contribution in [0.5, 0.6) is 5.75 Å². The fourth-order valence-electron chi connectivity index (χ4n) is 3.11. The van der Waals surface area contributed by atoms with Crippen molar-refractivity contribution in [1.29, 1.82) is 5.26 Å². The maximum Gasteiger partial charge on any atom is 0.124 e. The van der Waals surface area contributed by atoms with Crippen LogP contribution in [0.3, 0.4) is 0 Å². The zero-order valence-corrected chi connectivity index (χ0v) is 13.3. The van der Waals surface area contributed by atoms with E-state index in [0.717, 1.165) is 36.6 Å². The van der Waals surface area contributed by atoms with E-state index in [1.54, 1.807) is 26.5 Å². The van der Waals surface area contributed by atoms with E-state index in [0.29, 0.717) is 5.56 Å². The number of H-pyrrole nitrogens is 1. The molecule has 1 aliphatic rings. The Morgan fingerprint density at radius 2 is 2.30 bits per heavy atom. The largest absolute Gasteiger partial charge is 0.496 e. The fourth-order valence-corrected chi connectivity index (χ4v) is 3.11. The number of rotatable bonds is 5. The molecule has 1 aromatic heterocycles. The molecule has 1 N–H and O–H groups in total.